The smallest absolute Gasteiger partial charge is 0.0749 e. The first-order valence-corrected chi connectivity index (χ1v) is 8.66. The van der Waals surface area contributed by atoms with Crippen LogP contribution in [0.3, 0.4) is 0 Å². The Morgan fingerprint density at radius 1 is 1.00 bits per heavy atom. The lowest BCUT2D eigenvalue weighted by molar-refractivity contribution is -0.146. The van der Waals surface area contributed by atoms with Crippen molar-refractivity contribution < 1.29 is 9.84 Å². The maximum Gasteiger partial charge on any atom is 0.0749 e. The molecule has 1 N–H and O–H groups in total. The molecule has 0 unspecified atom stereocenters. The second-order valence-electron chi connectivity index (χ2n) is 8.11. The van der Waals surface area contributed by atoms with Crippen LogP contribution in [0, 0.1) is 23.2 Å². The first-order chi connectivity index (χ1) is 9.66. The third-order valence-electron chi connectivity index (χ3n) is 6.79. The van der Waals surface area contributed by atoms with Crippen molar-refractivity contribution in [1.82, 2.24) is 4.90 Å². The standard InChI is InChI=1S/C17H29NO2/c1-12(18-2-4-20-5-3-18)16(19)17-9-13-6-14(10-17)8-15(7-13)11-17/h12-16,19H,2-11H2,1H3/t12-,13?,14?,15?,16-,17?/m0/s1. The Hall–Kier alpha value is -0.120. The number of hydrogen-bond acceptors (Lipinski definition) is 3. The molecule has 2 atom stereocenters. The molecule has 3 nitrogen and oxygen atoms in total. The van der Waals surface area contributed by atoms with Gasteiger partial charge in [-0.15, -0.1) is 0 Å². The number of rotatable bonds is 3. The number of aliphatic hydroxyl groups excluding tert-OH is 1. The molecule has 4 bridgehead atoms. The van der Waals surface area contributed by atoms with Gasteiger partial charge in [-0.3, -0.25) is 4.90 Å². The first-order valence-electron chi connectivity index (χ1n) is 8.66. The van der Waals surface area contributed by atoms with E-state index >= 15 is 0 Å². The Morgan fingerprint density at radius 2 is 1.50 bits per heavy atom. The molecule has 4 saturated carbocycles. The zero-order valence-corrected chi connectivity index (χ0v) is 12.8. The predicted octanol–water partition coefficient (Wildman–Crippen LogP) is 2.28. The van der Waals surface area contributed by atoms with Gasteiger partial charge in [-0.1, -0.05) is 0 Å². The fraction of sp³-hybridized carbons (Fsp3) is 1.00. The maximum absolute atomic E-state index is 11.2. The van der Waals surface area contributed by atoms with Crippen LogP contribution < -0.4 is 0 Å². The predicted molar refractivity (Wildman–Crippen MR) is 78.5 cm³/mol. The maximum atomic E-state index is 11.2. The van der Waals surface area contributed by atoms with Crippen LogP contribution in [0.25, 0.3) is 0 Å². The van der Waals surface area contributed by atoms with Gasteiger partial charge in [-0.2, -0.15) is 0 Å². The lowest BCUT2D eigenvalue weighted by Gasteiger charge is -2.59. The molecule has 0 aromatic carbocycles. The van der Waals surface area contributed by atoms with E-state index in [1.807, 2.05) is 0 Å². The summed E-state index contributed by atoms with van der Waals surface area (Å²) in [5.41, 5.74) is 0.256. The molecular weight excluding hydrogens is 250 g/mol. The summed E-state index contributed by atoms with van der Waals surface area (Å²) in [4.78, 5) is 2.45. The summed E-state index contributed by atoms with van der Waals surface area (Å²) in [6.45, 7) is 5.89. The molecule has 0 radical (unpaired) electrons. The van der Waals surface area contributed by atoms with Crippen LogP contribution in [0.5, 0.6) is 0 Å². The number of hydrogen-bond donors (Lipinski definition) is 1. The molecule has 0 spiro atoms. The second kappa shape index (κ2) is 4.96. The van der Waals surface area contributed by atoms with Crippen molar-refractivity contribution >= 4 is 0 Å². The van der Waals surface area contributed by atoms with Gasteiger partial charge in [0, 0.05) is 19.1 Å². The highest BCUT2D eigenvalue weighted by Gasteiger charge is 2.55. The molecule has 4 aliphatic carbocycles. The van der Waals surface area contributed by atoms with Crippen LogP contribution in [-0.4, -0.2) is 48.5 Å². The van der Waals surface area contributed by atoms with Crippen molar-refractivity contribution in [2.75, 3.05) is 26.3 Å². The Morgan fingerprint density at radius 3 is 2.00 bits per heavy atom. The summed E-state index contributed by atoms with van der Waals surface area (Å²) < 4.78 is 5.46. The van der Waals surface area contributed by atoms with E-state index in [0.29, 0.717) is 6.04 Å². The lowest BCUT2D eigenvalue weighted by atomic mass is 9.47. The van der Waals surface area contributed by atoms with E-state index < -0.39 is 0 Å². The van der Waals surface area contributed by atoms with E-state index in [-0.39, 0.29) is 11.5 Å². The zero-order chi connectivity index (χ0) is 13.7. The summed E-state index contributed by atoms with van der Waals surface area (Å²) in [6.07, 6.45) is 8.14. The van der Waals surface area contributed by atoms with Gasteiger partial charge in [-0.25, -0.2) is 0 Å². The minimum absolute atomic E-state index is 0.131. The largest absolute Gasteiger partial charge is 0.391 e. The Bertz CT molecular complexity index is 329. The van der Waals surface area contributed by atoms with Gasteiger partial charge in [0.2, 0.25) is 0 Å². The topological polar surface area (TPSA) is 32.7 Å². The van der Waals surface area contributed by atoms with Gasteiger partial charge < -0.3 is 9.84 Å². The van der Waals surface area contributed by atoms with Crippen molar-refractivity contribution in [3.8, 4) is 0 Å². The van der Waals surface area contributed by atoms with E-state index in [4.69, 9.17) is 4.74 Å². The van der Waals surface area contributed by atoms with Gasteiger partial charge in [0.05, 0.1) is 19.3 Å². The van der Waals surface area contributed by atoms with E-state index in [2.05, 4.69) is 11.8 Å². The van der Waals surface area contributed by atoms with Gasteiger partial charge in [0.25, 0.3) is 0 Å². The van der Waals surface area contributed by atoms with Gasteiger partial charge >= 0.3 is 0 Å². The minimum Gasteiger partial charge on any atom is -0.391 e. The molecule has 114 valence electrons. The minimum atomic E-state index is -0.131. The Balaban J connectivity index is 1.51. The SMILES string of the molecule is C[C@@H]([C@H](O)C12CC3CC(CC(C3)C1)C2)N1CCOCC1. The van der Waals surface area contributed by atoms with E-state index in [1.54, 1.807) is 0 Å². The summed E-state index contributed by atoms with van der Waals surface area (Å²) in [6, 6.07) is 0.301. The molecule has 5 fully saturated rings. The molecule has 1 aliphatic heterocycles. The first kappa shape index (κ1) is 13.5. The summed E-state index contributed by atoms with van der Waals surface area (Å²) >= 11 is 0. The molecule has 20 heavy (non-hydrogen) atoms. The quantitative estimate of drug-likeness (QED) is 0.860. The fourth-order valence-electron chi connectivity index (χ4n) is 6.24. The molecule has 5 aliphatic rings. The lowest BCUT2D eigenvalue weighted by Crippen LogP contribution is -2.58. The van der Waals surface area contributed by atoms with E-state index in [1.165, 1.54) is 38.5 Å². The Kier molecular flexibility index (Phi) is 3.36. The molecule has 5 rings (SSSR count). The third-order valence-corrected chi connectivity index (χ3v) is 6.79. The van der Waals surface area contributed by atoms with Crippen molar-refractivity contribution in [1.29, 1.82) is 0 Å². The van der Waals surface area contributed by atoms with E-state index in [9.17, 15) is 5.11 Å². The van der Waals surface area contributed by atoms with Crippen molar-refractivity contribution in [3.05, 3.63) is 0 Å². The summed E-state index contributed by atoms with van der Waals surface area (Å²) in [5.74, 6) is 2.77. The van der Waals surface area contributed by atoms with Crippen molar-refractivity contribution in [2.45, 2.75) is 57.6 Å². The average Bonchev–Trinajstić information content (AvgIpc) is 2.45. The number of aliphatic hydroxyl groups is 1. The molecule has 1 heterocycles. The monoisotopic (exact) mass is 279 g/mol. The molecule has 0 aromatic rings. The van der Waals surface area contributed by atoms with Crippen LogP contribution in [0.15, 0.2) is 0 Å². The van der Waals surface area contributed by atoms with Gasteiger partial charge in [0.1, 0.15) is 0 Å². The molecule has 0 aromatic heterocycles. The van der Waals surface area contributed by atoms with Crippen molar-refractivity contribution in [2.24, 2.45) is 23.2 Å². The number of morpholine rings is 1. The normalized spacial score (nSPS) is 47.4. The second-order valence-corrected chi connectivity index (χ2v) is 8.11. The highest BCUT2D eigenvalue weighted by atomic mass is 16.5. The zero-order valence-electron chi connectivity index (χ0n) is 12.8. The summed E-state index contributed by atoms with van der Waals surface area (Å²) in [5, 5.41) is 11.2. The fourth-order valence-corrected chi connectivity index (χ4v) is 6.24. The molecule has 0 amide bonds. The summed E-state index contributed by atoms with van der Waals surface area (Å²) in [7, 11) is 0. The molecular formula is C17H29NO2. The van der Waals surface area contributed by atoms with Crippen LogP contribution in [0.1, 0.15) is 45.4 Å². The van der Waals surface area contributed by atoms with Crippen LogP contribution in [-0.2, 0) is 4.74 Å². The molecule has 3 heteroatoms. The number of nitrogens with zero attached hydrogens (tertiary/aromatic N) is 1. The number of ether oxygens (including phenoxy) is 1. The average molecular weight is 279 g/mol. The highest BCUT2D eigenvalue weighted by molar-refractivity contribution is 5.06. The van der Waals surface area contributed by atoms with Crippen LogP contribution in [0.2, 0.25) is 0 Å². The van der Waals surface area contributed by atoms with Gasteiger partial charge in [0.15, 0.2) is 0 Å². The Labute approximate surface area is 122 Å². The van der Waals surface area contributed by atoms with E-state index in [0.717, 1.165) is 44.1 Å². The van der Waals surface area contributed by atoms with Crippen LogP contribution >= 0.6 is 0 Å². The molecule has 1 saturated heterocycles. The van der Waals surface area contributed by atoms with Gasteiger partial charge in [-0.05, 0) is 68.6 Å². The van der Waals surface area contributed by atoms with Crippen molar-refractivity contribution in [3.63, 3.8) is 0 Å². The highest BCUT2D eigenvalue weighted by Crippen LogP contribution is 2.61. The van der Waals surface area contributed by atoms with Crippen LogP contribution in [0.4, 0.5) is 0 Å². The third kappa shape index (κ3) is 2.13.